The average molecular weight is 617 g/mol. The number of aliphatic hydroxyl groups excluding tert-OH is 1. The second kappa shape index (κ2) is 12.3. The van der Waals surface area contributed by atoms with E-state index < -0.39 is 29.3 Å². The van der Waals surface area contributed by atoms with Gasteiger partial charge in [-0.15, -0.1) is 0 Å². The van der Waals surface area contributed by atoms with Crippen LogP contribution in [-0.4, -0.2) is 52.8 Å². The van der Waals surface area contributed by atoms with E-state index in [9.17, 15) is 18.7 Å². The molecule has 2 heterocycles. The van der Waals surface area contributed by atoms with E-state index in [1.165, 1.54) is 24.6 Å². The Balaban J connectivity index is 1.60. The van der Waals surface area contributed by atoms with Gasteiger partial charge in [0, 0.05) is 45.0 Å². The van der Waals surface area contributed by atoms with Crippen LogP contribution in [0.15, 0.2) is 59.3 Å². The molecule has 1 saturated heterocycles. The molecule has 3 aromatic rings. The van der Waals surface area contributed by atoms with Gasteiger partial charge in [0.2, 0.25) is 11.9 Å². The molecule has 1 aromatic heterocycles. The third-order valence-corrected chi connectivity index (χ3v) is 7.73. The van der Waals surface area contributed by atoms with E-state index in [4.69, 9.17) is 0 Å². The summed E-state index contributed by atoms with van der Waals surface area (Å²) < 4.78 is 28.5. The van der Waals surface area contributed by atoms with Crippen LogP contribution in [0.4, 0.5) is 14.7 Å². The summed E-state index contributed by atoms with van der Waals surface area (Å²) in [4.78, 5) is 23.0. The Morgan fingerprint density at radius 1 is 1.15 bits per heavy atom. The number of carbonyl (C=O) groups is 1. The number of halogens is 3. The summed E-state index contributed by atoms with van der Waals surface area (Å²) in [6.07, 6.45) is 3.20. The molecule has 0 spiro atoms. The molecule has 1 aliphatic heterocycles. The number of aromatic nitrogens is 2. The van der Waals surface area contributed by atoms with Crippen molar-refractivity contribution in [3.8, 4) is 0 Å². The third-order valence-electron chi connectivity index (χ3n) is 7.32. The van der Waals surface area contributed by atoms with Crippen molar-refractivity contribution in [2.24, 2.45) is 0 Å². The third kappa shape index (κ3) is 7.41. The lowest BCUT2D eigenvalue weighted by molar-refractivity contribution is -0.120. The maximum Gasteiger partial charge on any atom is 0.225 e. The zero-order valence-electron chi connectivity index (χ0n) is 23.2. The fourth-order valence-corrected chi connectivity index (χ4v) is 5.39. The summed E-state index contributed by atoms with van der Waals surface area (Å²) in [5, 5.41) is 17.6. The first-order valence-electron chi connectivity index (χ1n) is 13.3. The minimum atomic E-state index is -1.03. The summed E-state index contributed by atoms with van der Waals surface area (Å²) in [6, 6.07) is 10.9. The minimum absolute atomic E-state index is 0.0550. The van der Waals surface area contributed by atoms with Crippen LogP contribution >= 0.6 is 15.9 Å². The van der Waals surface area contributed by atoms with Crippen LogP contribution in [0.1, 0.15) is 50.8 Å². The number of nitrogens with one attached hydrogen (secondary N) is 2. The van der Waals surface area contributed by atoms with Gasteiger partial charge in [-0.05, 0) is 63.0 Å². The molecule has 7 nitrogen and oxygen atoms in total. The lowest BCUT2D eigenvalue weighted by Gasteiger charge is -2.35. The van der Waals surface area contributed by atoms with Gasteiger partial charge in [-0.25, -0.2) is 18.7 Å². The molecule has 1 amide bonds. The fraction of sp³-hybridized carbons (Fsp3) is 0.433. The predicted molar refractivity (Wildman–Crippen MR) is 155 cm³/mol. The van der Waals surface area contributed by atoms with E-state index in [1.54, 1.807) is 12.4 Å². The zero-order chi connectivity index (χ0) is 29.1. The van der Waals surface area contributed by atoms with Crippen molar-refractivity contribution in [2.75, 3.05) is 24.5 Å². The van der Waals surface area contributed by atoms with E-state index in [-0.39, 0.29) is 24.3 Å². The van der Waals surface area contributed by atoms with E-state index in [2.05, 4.69) is 80.4 Å². The lowest BCUT2D eigenvalue weighted by Crippen LogP contribution is -2.53. The Morgan fingerprint density at radius 2 is 1.82 bits per heavy atom. The number of amides is 1. The number of carbonyl (C=O) groups excluding carboxylic acids is 1. The number of nitrogens with zero attached hydrogens (tertiary/aromatic N) is 3. The van der Waals surface area contributed by atoms with E-state index in [0.717, 1.165) is 22.5 Å². The number of benzene rings is 2. The van der Waals surface area contributed by atoms with Gasteiger partial charge in [-0.3, -0.25) is 4.79 Å². The highest BCUT2D eigenvalue weighted by atomic mass is 79.9. The van der Waals surface area contributed by atoms with Crippen LogP contribution < -0.4 is 15.5 Å². The smallest absolute Gasteiger partial charge is 0.225 e. The molecule has 10 heteroatoms. The van der Waals surface area contributed by atoms with Gasteiger partial charge in [0.1, 0.15) is 11.6 Å². The topological polar surface area (TPSA) is 90.4 Å². The van der Waals surface area contributed by atoms with Gasteiger partial charge in [-0.2, -0.15) is 0 Å². The first-order chi connectivity index (χ1) is 18.8. The maximum atomic E-state index is 13.8. The Kier molecular flexibility index (Phi) is 9.22. The second-order valence-corrected chi connectivity index (χ2v) is 12.4. The van der Waals surface area contributed by atoms with Gasteiger partial charge in [0.05, 0.1) is 22.2 Å². The first-order valence-corrected chi connectivity index (χ1v) is 14.1. The Morgan fingerprint density at radius 3 is 2.45 bits per heavy atom. The molecule has 3 N–H and O–H groups in total. The molecule has 0 radical (unpaired) electrons. The van der Waals surface area contributed by atoms with Gasteiger partial charge >= 0.3 is 0 Å². The summed E-state index contributed by atoms with van der Waals surface area (Å²) in [5.41, 5.74) is 2.02. The molecular formula is C30H36BrF2N5O2. The highest BCUT2D eigenvalue weighted by Gasteiger charge is 2.41. The van der Waals surface area contributed by atoms with Crippen LogP contribution in [0.3, 0.4) is 0 Å². The fourth-order valence-electron chi connectivity index (χ4n) is 5.18. The molecule has 0 saturated carbocycles. The predicted octanol–water partition coefficient (Wildman–Crippen LogP) is 4.62. The Hall–Kier alpha value is -2.95. The SMILES string of the molecule is CC(=O)N[C@@H](Cc1cc(F)cc(F)c1)[C@H](O)CNC1(c2cccc(C(C)(C)C)c2)CCN(c2ncc(Br)cn2)C1. The van der Waals surface area contributed by atoms with Gasteiger partial charge < -0.3 is 20.6 Å². The Bertz CT molecular complexity index is 1310. The lowest BCUT2D eigenvalue weighted by atomic mass is 9.81. The van der Waals surface area contributed by atoms with E-state index in [0.29, 0.717) is 24.6 Å². The monoisotopic (exact) mass is 615 g/mol. The molecule has 3 atom stereocenters. The molecule has 0 bridgehead atoms. The number of hydrogen-bond acceptors (Lipinski definition) is 6. The highest BCUT2D eigenvalue weighted by molar-refractivity contribution is 9.10. The van der Waals surface area contributed by atoms with Crippen molar-refractivity contribution in [1.82, 2.24) is 20.6 Å². The molecule has 40 heavy (non-hydrogen) atoms. The van der Waals surface area contributed by atoms with Crippen molar-refractivity contribution >= 4 is 27.8 Å². The molecular weight excluding hydrogens is 580 g/mol. The van der Waals surface area contributed by atoms with Crippen LogP contribution in [0.5, 0.6) is 0 Å². The molecule has 1 fully saturated rings. The number of rotatable bonds is 9. The summed E-state index contributed by atoms with van der Waals surface area (Å²) in [7, 11) is 0. The van der Waals surface area contributed by atoms with Crippen molar-refractivity contribution in [1.29, 1.82) is 0 Å². The standard InChI is InChI=1S/C30H36BrF2N5O2/c1-19(39)37-26(12-20-10-24(32)14-25(33)11-20)27(40)17-36-30(22-7-5-6-21(13-22)29(2,3)4)8-9-38(18-30)28-34-15-23(31)16-35-28/h5-7,10-11,13-16,26-27,36,40H,8-9,12,17-18H2,1-4H3,(H,37,39)/t26-,27+,30?/m0/s1. The molecule has 2 aromatic carbocycles. The molecule has 4 rings (SSSR count). The number of hydrogen-bond donors (Lipinski definition) is 3. The summed E-state index contributed by atoms with van der Waals surface area (Å²) in [5.74, 6) is -1.14. The first kappa shape index (κ1) is 30.0. The maximum absolute atomic E-state index is 13.8. The normalized spacial score (nSPS) is 18.9. The second-order valence-electron chi connectivity index (χ2n) is 11.5. The molecule has 1 aliphatic rings. The van der Waals surface area contributed by atoms with Crippen molar-refractivity contribution in [3.63, 3.8) is 0 Å². The van der Waals surface area contributed by atoms with Crippen LogP contribution in [0, 0.1) is 11.6 Å². The van der Waals surface area contributed by atoms with E-state index in [1.807, 2.05) is 6.07 Å². The quantitative estimate of drug-likeness (QED) is 0.325. The molecule has 214 valence electrons. The van der Waals surface area contributed by atoms with E-state index >= 15 is 0 Å². The summed E-state index contributed by atoms with van der Waals surface area (Å²) >= 11 is 3.39. The van der Waals surface area contributed by atoms with Crippen LogP contribution in [0.25, 0.3) is 0 Å². The highest BCUT2D eigenvalue weighted by Crippen LogP contribution is 2.36. The van der Waals surface area contributed by atoms with Gasteiger partial charge in [-0.1, -0.05) is 45.0 Å². The van der Waals surface area contributed by atoms with Gasteiger partial charge in [0.15, 0.2) is 0 Å². The largest absolute Gasteiger partial charge is 0.390 e. The molecule has 0 aliphatic carbocycles. The van der Waals surface area contributed by atoms with Crippen LogP contribution in [-0.2, 0) is 22.2 Å². The van der Waals surface area contributed by atoms with Crippen LogP contribution in [0.2, 0.25) is 0 Å². The average Bonchev–Trinajstić information content (AvgIpc) is 3.32. The number of anilines is 1. The Labute approximate surface area is 242 Å². The molecule has 1 unspecified atom stereocenters. The minimum Gasteiger partial charge on any atom is -0.390 e. The van der Waals surface area contributed by atoms with Gasteiger partial charge in [0.25, 0.3) is 0 Å². The van der Waals surface area contributed by atoms with Crippen molar-refractivity contribution < 1.29 is 18.7 Å². The van der Waals surface area contributed by atoms with Crippen molar-refractivity contribution in [2.45, 2.75) is 63.6 Å². The summed E-state index contributed by atoms with van der Waals surface area (Å²) in [6.45, 7) is 9.25. The number of aliphatic hydroxyl groups is 1. The van der Waals surface area contributed by atoms with Crippen molar-refractivity contribution in [3.05, 3.63) is 87.7 Å². The zero-order valence-corrected chi connectivity index (χ0v) is 24.8.